The molecular formula is C17H17N3O6. The standard InChI is InChI=1S/C17H17N3O6/c1-24-14-8-7-12(15(25-2)16(14)26-3)10-18-19-17(21)11-5-4-6-13(9-11)20(22)23/h4-10H,1-3H3,(H,19,21)/b18-10-. The third-order valence-corrected chi connectivity index (χ3v) is 3.42. The minimum atomic E-state index is -0.579. The number of nitro groups is 1. The quantitative estimate of drug-likeness (QED) is 0.461. The van der Waals surface area contributed by atoms with E-state index in [1.165, 1.54) is 51.8 Å². The highest BCUT2D eigenvalue weighted by Gasteiger charge is 2.15. The molecule has 1 N–H and O–H groups in total. The van der Waals surface area contributed by atoms with Gasteiger partial charge in [0.1, 0.15) is 0 Å². The van der Waals surface area contributed by atoms with Crippen LogP contribution in [0.2, 0.25) is 0 Å². The molecule has 9 nitrogen and oxygen atoms in total. The first kappa shape index (κ1) is 18.7. The second kappa shape index (κ2) is 8.47. The number of carbonyl (C=O) groups excluding carboxylic acids is 1. The van der Waals surface area contributed by atoms with Crippen LogP contribution in [-0.2, 0) is 0 Å². The summed E-state index contributed by atoms with van der Waals surface area (Å²) in [5, 5.41) is 14.6. The van der Waals surface area contributed by atoms with E-state index in [1.807, 2.05) is 0 Å². The van der Waals surface area contributed by atoms with Gasteiger partial charge in [-0.1, -0.05) is 6.07 Å². The molecule has 136 valence electrons. The Kier molecular flexibility index (Phi) is 6.10. The van der Waals surface area contributed by atoms with E-state index in [4.69, 9.17) is 14.2 Å². The number of nitro benzene ring substituents is 1. The van der Waals surface area contributed by atoms with Gasteiger partial charge in [-0.3, -0.25) is 14.9 Å². The summed E-state index contributed by atoms with van der Waals surface area (Å²) in [6.45, 7) is 0. The molecule has 0 aromatic heterocycles. The summed E-state index contributed by atoms with van der Waals surface area (Å²) < 4.78 is 15.8. The number of hydrazone groups is 1. The fourth-order valence-corrected chi connectivity index (χ4v) is 2.21. The van der Waals surface area contributed by atoms with Gasteiger partial charge in [-0.05, 0) is 18.2 Å². The molecule has 0 unspecified atom stereocenters. The number of nitrogens with zero attached hydrogens (tertiary/aromatic N) is 2. The number of nitrogens with one attached hydrogen (secondary N) is 1. The van der Waals surface area contributed by atoms with Gasteiger partial charge in [-0.25, -0.2) is 5.43 Å². The molecule has 0 aliphatic rings. The van der Waals surface area contributed by atoms with Gasteiger partial charge in [-0.15, -0.1) is 0 Å². The number of amides is 1. The molecule has 2 aromatic carbocycles. The summed E-state index contributed by atoms with van der Waals surface area (Å²) in [6.07, 6.45) is 1.37. The van der Waals surface area contributed by atoms with Crippen molar-refractivity contribution in [2.24, 2.45) is 5.10 Å². The molecule has 0 aliphatic carbocycles. The largest absolute Gasteiger partial charge is 0.493 e. The van der Waals surface area contributed by atoms with Gasteiger partial charge in [0, 0.05) is 23.3 Å². The van der Waals surface area contributed by atoms with Crippen molar-refractivity contribution >= 4 is 17.8 Å². The van der Waals surface area contributed by atoms with Crippen molar-refractivity contribution in [1.29, 1.82) is 0 Å². The van der Waals surface area contributed by atoms with Crippen LogP contribution in [0.1, 0.15) is 15.9 Å². The van der Waals surface area contributed by atoms with E-state index in [0.29, 0.717) is 22.8 Å². The summed E-state index contributed by atoms with van der Waals surface area (Å²) in [5.74, 6) is 0.690. The summed E-state index contributed by atoms with van der Waals surface area (Å²) in [4.78, 5) is 22.3. The number of hydrogen-bond donors (Lipinski definition) is 1. The summed E-state index contributed by atoms with van der Waals surface area (Å²) in [6, 6.07) is 8.70. The van der Waals surface area contributed by atoms with Gasteiger partial charge < -0.3 is 14.2 Å². The molecule has 0 fully saturated rings. The van der Waals surface area contributed by atoms with Crippen LogP contribution in [0.5, 0.6) is 17.2 Å². The van der Waals surface area contributed by atoms with E-state index >= 15 is 0 Å². The molecule has 0 atom stereocenters. The van der Waals surface area contributed by atoms with Crippen molar-refractivity contribution in [1.82, 2.24) is 5.43 Å². The maximum absolute atomic E-state index is 12.1. The fraction of sp³-hybridized carbons (Fsp3) is 0.176. The molecule has 0 saturated heterocycles. The first-order valence-electron chi connectivity index (χ1n) is 7.38. The van der Waals surface area contributed by atoms with Crippen molar-refractivity contribution in [3.63, 3.8) is 0 Å². The summed E-state index contributed by atoms with van der Waals surface area (Å²) in [5.41, 5.74) is 2.80. The van der Waals surface area contributed by atoms with Crippen LogP contribution in [0, 0.1) is 10.1 Å². The van der Waals surface area contributed by atoms with E-state index in [2.05, 4.69) is 10.5 Å². The molecule has 0 radical (unpaired) electrons. The van der Waals surface area contributed by atoms with E-state index < -0.39 is 10.8 Å². The molecule has 1 amide bonds. The molecule has 2 rings (SSSR count). The normalized spacial score (nSPS) is 10.4. The Bertz CT molecular complexity index is 850. The first-order valence-corrected chi connectivity index (χ1v) is 7.38. The Balaban J connectivity index is 2.19. The number of non-ortho nitro benzene ring substituents is 1. The molecular weight excluding hydrogens is 342 g/mol. The lowest BCUT2D eigenvalue weighted by Gasteiger charge is -2.13. The van der Waals surface area contributed by atoms with Gasteiger partial charge in [0.25, 0.3) is 11.6 Å². The Morgan fingerprint density at radius 1 is 1.12 bits per heavy atom. The van der Waals surface area contributed by atoms with Crippen LogP contribution in [0.4, 0.5) is 5.69 Å². The van der Waals surface area contributed by atoms with Crippen molar-refractivity contribution in [3.8, 4) is 17.2 Å². The second-order valence-corrected chi connectivity index (χ2v) is 4.93. The third kappa shape index (κ3) is 4.07. The van der Waals surface area contributed by atoms with Gasteiger partial charge in [0.05, 0.1) is 32.5 Å². The monoisotopic (exact) mass is 359 g/mol. The Morgan fingerprint density at radius 3 is 2.46 bits per heavy atom. The second-order valence-electron chi connectivity index (χ2n) is 4.93. The predicted molar refractivity (Wildman–Crippen MR) is 94.3 cm³/mol. The first-order chi connectivity index (χ1) is 12.5. The lowest BCUT2D eigenvalue weighted by molar-refractivity contribution is -0.384. The number of carbonyl (C=O) groups is 1. The SMILES string of the molecule is COc1ccc(/C=N\NC(=O)c2cccc([N+](=O)[O-])c2)c(OC)c1OC. The topological polar surface area (TPSA) is 112 Å². The Labute approximate surface area is 149 Å². The predicted octanol–water partition coefficient (Wildman–Crippen LogP) is 2.38. The average Bonchev–Trinajstić information content (AvgIpc) is 2.67. The van der Waals surface area contributed by atoms with E-state index in [-0.39, 0.29) is 11.3 Å². The number of methoxy groups -OCH3 is 3. The van der Waals surface area contributed by atoms with E-state index in [1.54, 1.807) is 12.1 Å². The number of hydrogen-bond acceptors (Lipinski definition) is 7. The van der Waals surface area contributed by atoms with Gasteiger partial charge in [0.2, 0.25) is 5.75 Å². The van der Waals surface area contributed by atoms with Crippen molar-refractivity contribution in [3.05, 3.63) is 57.6 Å². The molecule has 0 saturated carbocycles. The number of rotatable bonds is 7. The number of ether oxygens (including phenoxy) is 3. The van der Waals surface area contributed by atoms with Gasteiger partial charge in [-0.2, -0.15) is 5.10 Å². The van der Waals surface area contributed by atoms with Crippen LogP contribution < -0.4 is 19.6 Å². The fourth-order valence-electron chi connectivity index (χ4n) is 2.21. The van der Waals surface area contributed by atoms with Gasteiger partial charge >= 0.3 is 0 Å². The van der Waals surface area contributed by atoms with Crippen molar-refractivity contribution in [2.75, 3.05) is 21.3 Å². The van der Waals surface area contributed by atoms with Crippen LogP contribution in [-0.4, -0.2) is 38.4 Å². The molecule has 2 aromatic rings. The van der Waals surface area contributed by atoms with Crippen molar-refractivity contribution in [2.45, 2.75) is 0 Å². The maximum atomic E-state index is 12.1. The Hall–Kier alpha value is -3.62. The van der Waals surface area contributed by atoms with Crippen LogP contribution in [0.3, 0.4) is 0 Å². The highest BCUT2D eigenvalue weighted by atomic mass is 16.6. The number of benzene rings is 2. The minimum Gasteiger partial charge on any atom is -0.493 e. The molecule has 26 heavy (non-hydrogen) atoms. The average molecular weight is 359 g/mol. The van der Waals surface area contributed by atoms with E-state index in [0.717, 1.165) is 0 Å². The van der Waals surface area contributed by atoms with Gasteiger partial charge in [0.15, 0.2) is 11.5 Å². The van der Waals surface area contributed by atoms with E-state index in [9.17, 15) is 14.9 Å². The molecule has 0 spiro atoms. The molecule has 0 heterocycles. The summed E-state index contributed by atoms with van der Waals surface area (Å²) >= 11 is 0. The summed E-state index contributed by atoms with van der Waals surface area (Å²) in [7, 11) is 4.45. The highest BCUT2D eigenvalue weighted by molar-refractivity contribution is 5.95. The van der Waals surface area contributed by atoms with Crippen LogP contribution >= 0.6 is 0 Å². The lowest BCUT2D eigenvalue weighted by Crippen LogP contribution is -2.17. The zero-order valence-electron chi connectivity index (χ0n) is 14.4. The molecule has 0 bridgehead atoms. The Morgan fingerprint density at radius 2 is 1.85 bits per heavy atom. The third-order valence-electron chi connectivity index (χ3n) is 3.42. The smallest absolute Gasteiger partial charge is 0.271 e. The maximum Gasteiger partial charge on any atom is 0.271 e. The molecule has 0 aliphatic heterocycles. The minimum absolute atomic E-state index is 0.121. The zero-order chi connectivity index (χ0) is 19.1. The van der Waals surface area contributed by atoms with Crippen LogP contribution in [0.15, 0.2) is 41.5 Å². The van der Waals surface area contributed by atoms with Crippen molar-refractivity contribution < 1.29 is 23.9 Å². The highest BCUT2D eigenvalue weighted by Crippen LogP contribution is 2.38. The lowest BCUT2D eigenvalue weighted by atomic mass is 10.2. The molecule has 9 heteroatoms. The van der Waals surface area contributed by atoms with Crippen LogP contribution in [0.25, 0.3) is 0 Å². The zero-order valence-corrected chi connectivity index (χ0v) is 14.4.